The fourth-order valence-corrected chi connectivity index (χ4v) is 2.76. The minimum atomic E-state index is -0.490. The molecule has 0 aliphatic carbocycles. The molecule has 0 aliphatic rings. The summed E-state index contributed by atoms with van der Waals surface area (Å²) in [6.07, 6.45) is 4.91. The Labute approximate surface area is 174 Å². The highest BCUT2D eigenvalue weighted by molar-refractivity contribution is 5.98. The van der Waals surface area contributed by atoms with Crippen LogP contribution in [-0.4, -0.2) is 35.1 Å². The Morgan fingerprint density at radius 3 is 2.53 bits per heavy atom. The van der Waals surface area contributed by atoms with E-state index in [1.165, 1.54) is 19.6 Å². The first kappa shape index (κ1) is 20.9. The fraction of sp³-hybridized carbons (Fsp3) is 0.227. The monoisotopic (exact) mass is 408 g/mol. The molecule has 8 nitrogen and oxygen atoms in total. The van der Waals surface area contributed by atoms with Gasteiger partial charge in [-0.1, -0.05) is 31.5 Å². The van der Waals surface area contributed by atoms with Crippen LogP contribution in [0.4, 0.5) is 0 Å². The van der Waals surface area contributed by atoms with E-state index in [0.29, 0.717) is 29.4 Å². The van der Waals surface area contributed by atoms with Crippen LogP contribution in [0.15, 0.2) is 61.1 Å². The predicted octanol–water partition coefficient (Wildman–Crippen LogP) is 3.13. The Hall–Kier alpha value is -3.81. The summed E-state index contributed by atoms with van der Waals surface area (Å²) in [5, 5.41) is 0. The molecule has 0 spiro atoms. The number of rotatable bonds is 8. The van der Waals surface area contributed by atoms with Gasteiger partial charge in [-0.15, -0.1) is 0 Å². The first-order valence-corrected chi connectivity index (χ1v) is 9.63. The number of benzene rings is 2. The lowest BCUT2D eigenvalue weighted by Gasteiger charge is -2.13. The number of ether oxygens (including phenoxy) is 2. The van der Waals surface area contributed by atoms with Crippen molar-refractivity contribution in [3.63, 3.8) is 0 Å². The third-order valence-electron chi connectivity index (χ3n) is 4.38. The summed E-state index contributed by atoms with van der Waals surface area (Å²) >= 11 is 0. The Morgan fingerprint density at radius 2 is 1.80 bits per heavy atom. The average Bonchev–Trinajstić information content (AvgIpc) is 3.28. The third kappa shape index (κ3) is 4.96. The highest BCUT2D eigenvalue weighted by Crippen LogP contribution is 2.28. The topological polar surface area (TPSA) is 94.5 Å². The molecule has 2 N–H and O–H groups in total. The minimum absolute atomic E-state index is 0.291. The number of hydrogen-bond acceptors (Lipinski definition) is 5. The number of amides is 2. The van der Waals surface area contributed by atoms with Crippen molar-refractivity contribution < 1.29 is 19.1 Å². The number of carbonyl (C=O) groups excluding carboxylic acids is 2. The summed E-state index contributed by atoms with van der Waals surface area (Å²) in [6, 6.07) is 14.2. The van der Waals surface area contributed by atoms with Crippen LogP contribution in [-0.2, 0) is 0 Å². The molecule has 0 saturated carbocycles. The van der Waals surface area contributed by atoms with E-state index in [1.54, 1.807) is 22.8 Å². The molecule has 0 radical (unpaired) electrons. The summed E-state index contributed by atoms with van der Waals surface area (Å²) in [7, 11) is 1.51. The molecule has 156 valence electrons. The standard InChI is InChI=1S/C22H24N4O4/c1-3-4-12-30-19-11-10-16(13-20(19)29-2)21(27)24-25-22(28)18-14-23-15-26(18)17-8-6-5-7-9-17/h5-11,13-15H,3-4,12H2,1-2H3,(H,24,27)(H,25,28). The first-order chi connectivity index (χ1) is 14.6. The molecule has 30 heavy (non-hydrogen) atoms. The van der Waals surface area contributed by atoms with Crippen molar-refractivity contribution in [1.29, 1.82) is 0 Å². The van der Waals surface area contributed by atoms with E-state index in [1.807, 2.05) is 30.3 Å². The van der Waals surface area contributed by atoms with Gasteiger partial charge >= 0.3 is 0 Å². The first-order valence-electron chi connectivity index (χ1n) is 9.63. The number of para-hydroxylation sites is 1. The van der Waals surface area contributed by atoms with Gasteiger partial charge in [-0.3, -0.25) is 25.0 Å². The molecular formula is C22H24N4O4. The van der Waals surface area contributed by atoms with Crippen molar-refractivity contribution in [1.82, 2.24) is 20.4 Å². The molecule has 8 heteroatoms. The second-order valence-corrected chi connectivity index (χ2v) is 6.46. The normalized spacial score (nSPS) is 10.3. The molecule has 0 bridgehead atoms. The smallest absolute Gasteiger partial charge is 0.288 e. The molecule has 0 atom stereocenters. The van der Waals surface area contributed by atoms with Crippen molar-refractivity contribution in [3.8, 4) is 17.2 Å². The second kappa shape index (κ2) is 10.1. The molecule has 2 amide bonds. The van der Waals surface area contributed by atoms with Crippen molar-refractivity contribution in [2.24, 2.45) is 0 Å². The van der Waals surface area contributed by atoms with Crippen LogP contribution in [0.1, 0.15) is 40.6 Å². The number of hydrogen-bond donors (Lipinski definition) is 2. The van der Waals surface area contributed by atoms with E-state index in [-0.39, 0.29) is 0 Å². The SMILES string of the molecule is CCCCOc1ccc(C(=O)NNC(=O)c2cncn2-c2ccccc2)cc1OC. The number of nitrogens with zero attached hydrogens (tertiary/aromatic N) is 2. The van der Waals surface area contributed by atoms with Crippen LogP contribution < -0.4 is 20.3 Å². The lowest BCUT2D eigenvalue weighted by Crippen LogP contribution is -2.42. The van der Waals surface area contributed by atoms with Crippen LogP contribution in [0.5, 0.6) is 11.5 Å². The van der Waals surface area contributed by atoms with Gasteiger partial charge in [-0.05, 0) is 36.8 Å². The van der Waals surface area contributed by atoms with Gasteiger partial charge in [0.1, 0.15) is 5.69 Å². The number of unbranched alkanes of at least 4 members (excludes halogenated alkanes) is 1. The van der Waals surface area contributed by atoms with E-state index in [0.717, 1.165) is 18.5 Å². The van der Waals surface area contributed by atoms with Gasteiger partial charge in [0.15, 0.2) is 11.5 Å². The average molecular weight is 408 g/mol. The number of nitrogens with one attached hydrogen (secondary N) is 2. The molecule has 0 saturated heterocycles. The molecule has 1 heterocycles. The molecule has 0 fully saturated rings. The Morgan fingerprint density at radius 1 is 1.03 bits per heavy atom. The Kier molecular flexibility index (Phi) is 7.05. The summed E-state index contributed by atoms with van der Waals surface area (Å²) in [5.74, 6) is 0.0502. The fourth-order valence-electron chi connectivity index (χ4n) is 2.76. The summed E-state index contributed by atoms with van der Waals surface area (Å²) < 4.78 is 12.6. The maximum Gasteiger partial charge on any atom is 0.288 e. The quantitative estimate of drug-likeness (QED) is 0.441. The number of aromatic nitrogens is 2. The highest BCUT2D eigenvalue weighted by Gasteiger charge is 2.16. The van der Waals surface area contributed by atoms with Crippen molar-refractivity contribution in [2.75, 3.05) is 13.7 Å². The van der Waals surface area contributed by atoms with Crippen LogP contribution in [0.25, 0.3) is 5.69 Å². The molecular weight excluding hydrogens is 384 g/mol. The Balaban J connectivity index is 1.65. The van der Waals surface area contributed by atoms with Gasteiger partial charge in [0, 0.05) is 11.3 Å². The van der Waals surface area contributed by atoms with E-state index in [9.17, 15) is 9.59 Å². The number of imidazole rings is 1. The molecule has 0 aliphatic heterocycles. The van der Waals surface area contributed by atoms with E-state index >= 15 is 0 Å². The Bertz CT molecular complexity index is 1000. The van der Waals surface area contributed by atoms with Crippen molar-refractivity contribution in [3.05, 3.63) is 72.3 Å². The maximum absolute atomic E-state index is 12.5. The third-order valence-corrected chi connectivity index (χ3v) is 4.38. The van der Waals surface area contributed by atoms with Gasteiger partial charge in [0.25, 0.3) is 11.8 Å². The summed E-state index contributed by atoms with van der Waals surface area (Å²) in [6.45, 7) is 2.65. The van der Waals surface area contributed by atoms with Gasteiger partial charge in [0.2, 0.25) is 0 Å². The zero-order valence-corrected chi connectivity index (χ0v) is 16.9. The number of hydrazine groups is 1. The summed E-state index contributed by atoms with van der Waals surface area (Å²) in [4.78, 5) is 29.0. The van der Waals surface area contributed by atoms with E-state index < -0.39 is 11.8 Å². The van der Waals surface area contributed by atoms with Crippen LogP contribution in [0.2, 0.25) is 0 Å². The number of methoxy groups -OCH3 is 1. The maximum atomic E-state index is 12.5. The van der Waals surface area contributed by atoms with Gasteiger partial charge in [-0.25, -0.2) is 4.98 Å². The molecule has 1 aromatic heterocycles. The number of carbonyl (C=O) groups is 2. The van der Waals surface area contributed by atoms with Crippen LogP contribution in [0.3, 0.4) is 0 Å². The molecule has 3 rings (SSSR count). The van der Waals surface area contributed by atoms with Gasteiger partial charge in [0.05, 0.1) is 26.2 Å². The predicted molar refractivity (Wildman–Crippen MR) is 112 cm³/mol. The molecule has 2 aromatic carbocycles. The molecule has 0 unspecified atom stereocenters. The van der Waals surface area contributed by atoms with Crippen molar-refractivity contribution >= 4 is 11.8 Å². The van der Waals surface area contributed by atoms with Crippen LogP contribution >= 0.6 is 0 Å². The lowest BCUT2D eigenvalue weighted by molar-refractivity contribution is 0.0842. The zero-order valence-electron chi connectivity index (χ0n) is 16.9. The highest BCUT2D eigenvalue weighted by atomic mass is 16.5. The van der Waals surface area contributed by atoms with Crippen molar-refractivity contribution in [2.45, 2.75) is 19.8 Å². The van der Waals surface area contributed by atoms with E-state index in [4.69, 9.17) is 9.47 Å². The molecule has 3 aromatic rings. The largest absolute Gasteiger partial charge is 0.493 e. The van der Waals surface area contributed by atoms with Gasteiger partial charge < -0.3 is 9.47 Å². The van der Waals surface area contributed by atoms with Crippen LogP contribution in [0, 0.1) is 0 Å². The second-order valence-electron chi connectivity index (χ2n) is 6.46. The minimum Gasteiger partial charge on any atom is -0.493 e. The van der Waals surface area contributed by atoms with E-state index in [2.05, 4.69) is 22.8 Å². The lowest BCUT2D eigenvalue weighted by atomic mass is 10.2. The van der Waals surface area contributed by atoms with Gasteiger partial charge in [-0.2, -0.15) is 0 Å². The zero-order chi connectivity index (χ0) is 21.3. The summed E-state index contributed by atoms with van der Waals surface area (Å²) in [5.41, 5.74) is 6.23.